The third-order valence-electron chi connectivity index (χ3n) is 3.16. The van der Waals surface area contributed by atoms with E-state index < -0.39 is 29.7 Å². The van der Waals surface area contributed by atoms with Crippen molar-refractivity contribution in [2.45, 2.75) is 19.6 Å². The van der Waals surface area contributed by atoms with Gasteiger partial charge in [0.2, 0.25) is 0 Å². The van der Waals surface area contributed by atoms with Gasteiger partial charge in [-0.25, -0.2) is 0 Å². The fraction of sp³-hybridized carbons (Fsp3) is 0.286. The summed E-state index contributed by atoms with van der Waals surface area (Å²) in [6, 6.07) is 4.56. The van der Waals surface area contributed by atoms with Gasteiger partial charge in [-0.3, -0.25) is 9.59 Å². The minimum atomic E-state index is -4.63. The second kappa shape index (κ2) is 5.23. The van der Waals surface area contributed by atoms with Crippen molar-refractivity contribution < 1.29 is 22.7 Å². The molecular formula is C14H12F3NO3. The molecule has 0 bridgehead atoms. The highest BCUT2D eigenvalue weighted by Gasteiger charge is 2.34. The van der Waals surface area contributed by atoms with Crippen molar-refractivity contribution in [3.05, 3.63) is 45.7 Å². The molecule has 0 atom stereocenters. The quantitative estimate of drug-likeness (QED) is 0.801. The van der Waals surface area contributed by atoms with Crippen molar-refractivity contribution in [3.63, 3.8) is 0 Å². The second-order valence-electron chi connectivity index (χ2n) is 4.51. The molecular weight excluding hydrogens is 287 g/mol. The molecule has 1 aromatic heterocycles. The Labute approximate surface area is 117 Å². The van der Waals surface area contributed by atoms with E-state index in [0.29, 0.717) is 0 Å². The number of alkyl halides is 3. The molecule has 0 radical (unpaired) electrons. The molecule has 0 N–H and O–H groups in total. The standard InChI is InChI=1S/C14H12F3NO3/c1-8-6-11(19)9-4-3-5-10(14(15,16)17)13(9)18(8)7-12(20)21-2/h3-6H,7H2,1-2H3. The Kier molecular flexibility index (Phi) is 3.76. The van der Waals surface area contributed by atoms with Gasteiger partial charge in [0.25, 0.3) is 0 Å². The van der Waals surface area contributed by atoms with E-state index in [1.165, 1.54) is 25.1 Å². The van der Waals surface area contributed by atoms with Crippen LogP contribution in [0, 0.1) is 6.92 Å². The van der Waals surface area contributed by atoms with Gasteiger partial charge in [0.1, 0.15) is 6.54 Å². The number of aromatic nitrogens is 1. The van der Waals surface area contributed by atoms with Crippen LogP contribution in [0.2, 0.25) is 0 Å². The van der Waals surface area contributed by atoms with Crippen molar-refractivity contribution in [3.8, 4) is 0 Å². The zero-order chi connectivity index (χ0) is 15.8. The molecule has 0 spiro atoms. The Morgan fingerprint density at radius 1 is 1.33 bits per heavy atom. The fourth-order valence-electron chi connectivity index (χ4n) is 2.18. The molecule has 0 fully saturated rings. The smallest absolute Gasteiger partial charge is 0.418 e. The first-order valence-corrected chi connectivity index (χ1v) is 6.03. The van der Waals surface area contributed by atoms with Crippen LogP contribution in [0.15, 0.2) is 29.1 Å². The van der Waals surface area contributed by atoms with E-state index in [9.17, 15) is 22.8 Å². The molecule has 4 nitrogen and oxygen atoms in total. The number of fused-ring (bicyclic) bond motifs is 1. The zero-order valence-corrected chi connectivity index (χ0v) is 11.3. The summed E-state index contributed by atoms with van der Waals surface area (Å²) in [5.74, 6) is -0.694. The summed E-state index contributed by atoms with van der Waals surface area (Å²) in [5, 5.41) is -0.0840. The lowest BCUT2D eigenvalue weighted by Crippen LogP contribution is -2.21. The number of para-hydroxylation sites is 1. The molecule has 0 aliphatic rings. The van der Waals surface area contributed by atoms with Crippen LogP contribution < -0.4 is 5.43 Å². The number of hydrogen-bond donors (Lipinski definition) is 0. The summed E-state index contributed by atoms with van der Waals surface area (Å²) in [6.45, 7) is 1.07. The predicted octanol–water partition coefficient (Wildman–Crippen LogP) is 2.50. The minimum Gasteiger partial charge on any atom is -0.468 e. The number of benzene rings is 1. The first-order chi connectivity index (χ1) is 9.75. The van der Waals surface area contributed by atoms with Crippen LogP contribution in [0.4, 0.5) is 13.2 Å². The van der Waals surface area contributed by atoms with Gasteiger partial charge in [-0.15, -0.1) is 0 Å². The van der Waals surface area contributed by atoms with Crippen LogP contribution in [-0.4, -0.2) is 17.6 Å². The molecule has 0 aliphatic heterocycles. The molecule has 0 aliphatic carbocycles. The number of methoxy groups -OCH3 is 1. The Balaban J connectivity index is 2.89. The average Bonchev–Trinajstić information content (AvgIpc) is 2.41. The first kappa shape index (κ1) is 15.1. The maximum absolute atomic E-state index is 13.1. The van der Waals surface area contributed by atoms with Gasteiger partial charge in [-0.2, -0.15) is 13.2 Å². The van der Waals surface area contributed by atoms with Crippen LogP contribution in [0.3, 0.4) is 0 Å². The second-order valence-corrected chi connectivity index (χ2v) is 4.51. The number of ether oxygens (including phenoxy) is 1. The molecule has 2 rings (SSSR count). The lowest BCUT2D eigenvalue weighted by atomic mass is 10.1. The number of hydrogen-bond acceptors (Lipinski definition) is 3. The van der Waals surface area contributed by atoms with Crippen LogP contribution in [-0.2, 0) is 22.3 Å². The molecule has 0 unspecified atom stereocenters. The molecule has 1 heterocycles. The van der Waals surface area contributed by atoms with E-state index in [4.69, 9.17) is 0 Å². The third-order valence-corrected chi connectivity index (χ3v) is 3.16. The predicted molar refractivity (Wildman–Crippen MR) is 70.0 cm³/mol. The molecule has 0 saturated carbocycles. The maximum Gasteiger partial charge on any atom is 0.418 e. The Morgan fingerprint density at radius 2 is 2.00 bits per heavy atom. The number of aryl methyl sites for hydroxylation is 1. The average molecular weight is 299 g/mol. The largest absolute Gasteiger partial charge is 0.468 e. The number of nitrogens with zero attached hydrogens (tertiary/aromatic N) is 1. The summed E-state index contributed by atoms with van der Waals surface area (Å²) in [5.41, 5.74) is -1.52. The highest BCUT2D eigenvalue weighted by Crippen LogP contribution is 2.34. The number of esters is 1. The summed E-state index contributed by atoms with van der Waals surface area (Å²) >= 11 is 0. The van der Waals surface area contributed by atoms with Crippen molar-refractivity contribution >= 4 is 16.9 Å². The van der Waals surface area contributed by atoms with Crippen LogP contribution in [0.1, 0.15) is 11.3 Å². The van der Waals surface area contributed by atoms with Crippen LogP contribution in [0.5, 0.6) is 0 Å². The number of carbonyl (C=O) groups excluding carboxylic acids is 1. The first-order valence-electron chi connectivity index (χ1n) is 6.03. The van der Waals surface area contributed by atoms with E-state index >= 15 is 0 Å². The van der Waals surface area contributed by atoms with Gasteiger partial charge in [0.15, 0.2) is 5.43 Å². The van der Waals surface area contributed by atoms with E-state index in [1.54, 1.807) is 0 Å². The number of pyridine rings is 1. The summed E-state index contributed by atoms with van der Waals surface area (Å²) < 4.78 is 45.1. The van der Waals surface area contributed by atoms with Crippen molar-refractivity contribution in [1.29, 1.82) is 0 Å². The van der Waals surface area contributed by atoms with Crippen LogP contribution >= 0.6 is 0 Å². The maximum atomic E-state index is 13.1. The van der Waals surface area contributed by atoms with Crippen molar-refractivity contribution in [1.82, 2.24) is 4.57 Å². The molecule has 0 amide bonds. The van der Waals surface area contributed by atoms with Crippen molar-refractivity contribution in [2.75, 3.05) is 7.11 Å². The van der Waals surface area contributed by atoms with Crippen molar-refractivity contribution in [2.24, 2.45) is 0 Å². The molecule has 21 heavy (non-hydrogen) atoms. The van der Waals surface area contributed by atoms with Gasteiger partial charge < -0.3 is 9.30 Å². The number of carbonyl (C=O) groups is 1. The monoisotopic (exact) mass is 299 g/mol. The lowest BCUT2D eigenvalue weighted by molar-refractivity contribution is -0.142. The third kappa shape index (κ3) is 2.76. The lowest BCUT2D eigenvalue weighted by Gasteiger charge is -2.17. The van der Waals surface area contributed by atoms with Gasteiger partial charge in [0.05, 0.1) is 18.2 Å². The topological polar surface area (TPSA) is 48.3 Å². The Bertz CT molecular complexity index is 762. The van der Waals surface area contributed by atoms with E-state index in [2.05, 4.69) is 4.74 Å². The molecule has 0 saturated heterocycles. The van der Waals surface area contributed by atoms with E-state index in [0.717, 1.165) is 17.7 Å². The minimum absolute atomic E-state index is 0.0840. The fourth-order valence-corrected chi connectivity index (χ4v) is 2.18. The summed E-state index contributed by atoms with van der Waals surface area (Å²) in [4.78, 5) is 23.3. The zero-order valence-electron chi connectivity index (χ0n) is 11.3. The van der Waals surface area contributed by atoms with E-state index in [1.807, 2.05) is 0 Å². The van der Waals surface area contributed by atoms with E-state index in [-0.39, 0.29) is 16.6 Å². The van der Waals surface area contributed by atoms with Crippen LogP contribution in [0.25, 0.3) is 10.9 Å². The Morgan fingerprint density at radius 3 is 2.57 bits per heavy atom. The molecule has 112 valence electrons. The van der Waals surface area contributed by atoms with Gasteiger partial charge >= 0.3 is 12.1 Å². The summed E-state index contributed by atoms with van der Waals surface area (Å²) in [7, 11) is 1.15. The van der Waals surface area contributed by atoms with Gasteiger partial charge in [0, 0.05) is 17.1 Å². The SMILES string of the molecule is COC(=O)Cn1c(C)cc(=O)c2cccc(C(F)(F)F)c21. The van der Waals surface area contributed by atoms with Gasteiger partial charge in [-0.1, -0.05) is 6.07 Å². The summed E-state index contributed by atoms with van der Waals surface area (Å²) in [6.07, 6.45) is -4.63. The normalized spacial score (nSPS) is 11.7. The Hall–Kier alpha value is -2.31. The molecule has 2 aromatic rings. The van der Waals surface area contributed by atoms with Gasteiger partial charge in [-0.05, 0) is 19.1 Å². The number of halogens is 3. The molecule has 1 aromatic carbocycles. The highest BCUT2D eigenvalue weighted by molar-refractivity contribution is 5.84. The molecule has 7 heteroatoms. The highest BCUT2D eigenvalue weighted by atomic mass is 19.4. The number of rotatable bonds is 2.